The summed E-state index contributed by atoms with van der Waals surface area (Å²) in [5.74, 6) is 0.821. The zero-order valence-corrected chi connectivity index (χ0v) is 9.93. The molecule has 0 aliphatic carbocycles. The molecule has 0 saturated carbocycles. The summed E-state index contributed by atoms with van der Waals surface area (Å²) in [5, 5.41) is 7.83. The maximum atomic E-state index is 11.2. The van der Waals surface area contributed by atoms with Crippen molar-refractivity contribution < 1.29 is 9.47 Å². The lowest BCUT2D eigenvalue weighted by Crippen LogP contribution is -2.11. The minimum atomic E-state index is -0.348. The molecule has 94 valence electrons. The highest BCUT2D eigenvalue weighted by Gasteiger charge is 2.11. The topological polar surface area (TPSA) is 103 Å². The van der Waals surface area contributed by atoms with E-state index in [1.165, 1.54) is 26.5 Å². The Kier molecular flexibility index (Phi) is 3.13. The Hall–Kier alpha value is -2.57. The van der Waals surface area contributed by atoms with E-state index in [1.807, 2.05) is 0 Å². The lowest BCUT2D eigenvalue weighted by Gasteiger charge is -2.08. The van der Waals surface area contributed by atoms with Gasteiger partial charge in [-0.3, -0.25) is 4.79 Å². The monoisotopic (exact) mass is 248 g/mol. The molecule has 18 heavy (non-hydrogen) atoms. The number of pyridine rings is 1. The molecule has 0 spiro atoms. The predicted octanol–water partition coefficient (Wildman–Crippen LogP) is 0.431. The molecule has 0 fully saturated rings. The number of aromatic nitrogens is 3. The first-order valence-electron chi connectivity index (χ1n) is 5.10. The second kappa shape index (κ2) is 4.74. The number of hydrogen-bond donors (Lipinski definition) is 2. The lowest BCUT2D eigenvalue weighted by atomic mass is 10.2. The van der Waals surface area contributed by atoms with Gasteiger partial charge in [-0.05, 0) is 6.07 Å². The van der Waals surface area contributed by atoms with E-state index in [1.54, 1.807) is 6.07 Å². The van der Waals surface area contributed by atoms with E-state index in [0.29, 0.717) is 22.9 Å². The molecule has 0 aromatic carbocycles. The third-order valence-electron chi connectivity index (χ3n) is 2.37. The van der Waals surface area contributed by atoms with E-state index in [-0.39, 0.29) is 11.2 Å². The van der Waals surface area contributed by atoms with Crippen LogP contribution in [0.4, 0.5) is 5.69 Å². The normalized spacial score (nSPS) is 10.1. The molecule has 0 bridgehead atoms. The number of H-pyrrole nitrogens is 1. The van der Waals surface area contributed by atoms with Gasteiger partial charge in [0.25, 0.3) is 5.56 Å². The molecule has 7 nitrogen and oxygen atoms in total. The number of nitrogens with one attached hydrogen (secondary N) is 1. The van der Waals surface area contributed by atoms with Crippen LogP contribution in [0.2, 0.25) is 0 Å². The first-order chi connectivity index (χ1) is 8.65. The number of anilines is 1. The summed E-state index contributed by atoms with van der Waals surface area (Å²) in [7, 11) is 3.00. The van der Waals surface area contributed by atoms with Crippen LogP contribution in [0.3, 0.4) is 0 Å². The van der Waals surface area contributed by atoms with Crippen molar-refractivity contribution in [2.75, 3.05) is 20.0 Å². The van der Waals surface area contributed by atoms with Crippen LogP contribution in [-0.4, -0.2) is 29.4 Å². The number of rotatable bonds is 3. The standard InChI is InChI=1S/C11H12N4O3/c1-17-8-4-9(18-2)14-15-10(8)6-3-7(12)11(16)13-5-6/h3-5H,12H2,1-2H3,(H,13,16). The van der Waals surface area contributed by atoms with Crippen LogP contribution in [0.1, 0.15) is 0 Å². The van der Waals surface area contributed by atoms with Crippen molar-refractivity contribution in [3.8, 4) is 22.9 Å². The molecule has 0 aliphatic heterocycles. The number of nitrogens with zero attached hydrogens (tertiary/aromatic N) is 2. The molecule has 0 amide bonds. The Balaban J connectivity index is 2.55. The van der Waals surface area contributed by atoms with E-state index in [4.69, 9.17) is 15.2 Å². The summed E-state index contributed by atoms with van der Waals surface area (Å²) in [5.41, 5.74) is 6.39. The first-order valence-corrected chi connectivity index (χ1v) is 5.10. The van der Waals surface area contributed by atoms with Gasteiger partial charge in [0.2, 0.25) is 5.88 Å². The Morgan fingerprint density at radius 1 is 1.22 bits per heavy atom. The number of hydrogen-bond acceptors (Lipinski definition) is 6. The quantitative estimate of drug-likeness (QED) is 0.816. The molecule has 2 aromatic heterocycles. The molecule has 2 rings (SSSR count). The van der Waals surface area contributed by atoms with Gasteiger partial charge in [-0.15, -0.1) is 10.2 Å². The highest BCUT2D eigenvalue weighted by Crippen LogP contribution is 2.29. The van der Waals surface area contributed by atoms with Crippen molar-refractivity contribution in [1.29, 1.82) is 0 Å². The zero-order valence-electron chi connectivity index (χ0n) is 9.93. The number of nitrogens with two attached hydrogens (primary N) is 1. The molecule has 0 radical (unpaired) electrons. The van der Waals surface area contributed by atoms with Crippen LogP contribution < -0.4 is 20.8 Å². The fourth-order valence-corrected chi connectivity index (χ4v) is 1.45. The molecule has 2 aromatic rings. The van der Waals surface area contributed by atoms with Crippen LogP contribution in [0.25, 0.3) is 11.3 Å². The number of ether oxygens (including phenoxy) is 2. The zero-order chi connectivity index (χ0) is 13.1. The van der Waals surface area contributed by atoms with Crippen LogP contribution in [0.15, 0.2) is 23.1 Å². The van der Waals surface area contributed by atoms with Crippen LogP contribution >= 0.6 is 0 Å². The average molecular weight is 248 g/mol. The van der Waals surface area contributed by atoms with E-state index in [9.17, 15) is 4.79 Å². The van der Waals surface area contributed by atoms with Crippen molar-refractivity contribution in [2.45, 2.75) is 0 Å². The molecule has 7 heteroatoms. The minimum Gasteiger partial charge on any atom is -0.494 e. The average Bonchev–Trinajstić information content (AvgIpc) is 2.41. The summed E-state index contributed by atoms with van der Waals surface area (Å²) in [4.78, 5) is 13.7. The first kappa shape index (κ1) is 11.9. The van der Waals surface area contributed by atoms with Gasteiger partial charge in [0, 0.05) is 17.8 Å². The Bertz CT molecular complexity index is 624. The molecular formula is C11H12N4O3. The van der Waals surface area contributed by atoms with E-state index in [2.05, 4.69) is 15.2 Å². The maximum Gasteiger partial charge on any atom is 0.271 e. The Morgan fingerprint density at radius 2 is 2.00 bits per heavy atom. The molecule has 3 N–H and O–H groups in total. The van der Waals surface area contributed by atoms with Gasteiger partial charge in [0.15, 0.2) is 5.75 Å². The van der Waals surface area contributed by atoms with E-state index in [0.717, 1.165) is 0 Å². The van der Waals surface area contributed by atoms with Gasteiger partial charge in [-0.1, -0.05) is 0 Å². The Labute approximate surface area is 103 Å². The minimum absolute atomic E-state index is 0.104. The van der Waals surface area contributed by atoms with E-state index >= 15 is 0 Å². The van der Waals surface area contributed by atoms with Crippen LogP contribution in [0.5, 0.6) is 11.6 Å². The molecule has 0 atom stereocenters. The predicted molar refractivity (Wildman–Crippen MR) is 65.6 cm³/mol. The van der Waals surface area contributed by atoms with Gasteiger partial charge in [0.05, 0.1) is 19.9 Å². The molecule has 0 aliphatic rings. The molecule has 0 saturated heterocycles. The van der Waals surface area contributed by atoms with Crippen molar-refractivity contribution in [3.63, 3.8) is 0 Å². The number of methoxy groups -OCH3 is 2. The number of nitrogen functional groups attached to an aromatic ring is 1. The van der Waals surface area contributed by atoms with Gasteiger partial charge < -0.3 is 20.2 Å². The van der Waals surface area contributed by atoms with Crippen molar-refractivity contribution in [2.24, 2.45) is 0 Å². The molecular weight excluding hydrogens is 236 g/mol. The highest BCUT2D eigenvalue weighted by atomic mass is 16.5. The van der Waals surface area contributed by atoms with E-state index < -0.39 is 0 Å². The summed E-state index contributed by atoms with van der Waals surface area (Å²) < 4.78 is 10.2. The maximum absolute atomic E-state index is 11.2. The summed E-state index contributed by atoms with van der Waals surface area (Å²) in [6.45, 7) is 0. The SMILES string of the molecule is COc1cc(OC)c(-c2c[nH]c(=O)c(N)c2)nn1. The third kappa shape index (κ3) is 2.10. The van der Waals surface area contributed by atoms with Gasteiger partial charge >= 0.3 is 0 Å². The lowest BCUT2D eigenvalue weighted by molar-refractivity contribution is 0.376. The Morgan fingerprint density at radius 3 is 2.61 bits per heavy atom. The summed E-state index contributed by atoms with van der Waals surface area (Å²) in [6.07, 6.45) is 1.50. The second-order valence-corrected chi connectivity index (χ2v) is 3.48. The molecule has 2 heterocycles. The fourth-order valence-electron chi connectivity index (χ4n) is 1.45. The number of aromatic amines is 1. The van der Waals surface area contributed by atoms with Crippen LogP contribution in [-0.2, 0) is 0 Å². The largest absolute Gasteiger partial charge is 0.494 e. The third-order valence-corrected chi connectivity index (χ3v) is 2.37. The second-order valence-electron chi connectivity index (χ2n) is 3.48. The van der Waals surface area contributed by atoms with Crippen molar-refractivity contribution in [1.82, 2.24) is 15.2 Å². The van der Waals surface area contributed by atoms with Crippen molar-refractivity contribution >= 4 is 5.69 Å². The smallest absolute Gasteiger partial charge is 0.271 e. The fraction of sp³-hybridized carbons (Fsp3) is 0.182. The van der Waals surface area contributed by atoms with Gasteiger partial charge in [-0.2, -0.15) is 0 Å². The van der Waals surface area contributed by atoms with Gasteiger partial charge in [-0.25, -0.2) is 0 Å². The van der Waals surface area contributed by atoms with Crippen molar-refractivity contribution in [3.05, 3.63) is 28.7 Å². The summed E-state index contributed by atoms with van der Waals surface area (Å²) in [6, 6.07) is 3.11. The van der Waals surface area contributed by atoms with Gasteiger partial charge in [0.1, 0.15) is 5.69 Å². The summed E-state index contributed by atoms with van der Waals surface area (Å²) >= 11 is 0. The van der Waals surface area contributed by atoms with Crippen LogP contribution in [0, 0.1) is 0 Å². The highest BCUT2D eigenvalue weighted by molar-refractivity contribution is 5.68. The molecule has 0 unspecified atom stereocenters.